The van der Waals surface area contributed by atoms with Crippen molar-refractivity contribution >= 4 is 23.6 Å². The lowest BCUT2D eigenvalue weighted by molar-refractivity contribution is -0.384. The fourth-order valence-electron chi connectivity index (χ4n) is 1.95. The molecular weight excluding hydrogens is 310 g/mol. The minimum Gasteiger partial charge on any atom is -0.463 e. The number of hydrogen-bond acceptors (Lipinski definition) is 8. The van der Waals surface area contributed by atoms with Crippen LogP contribution in [-0.2, 0) is 19.0 Å². The first-order chi connectivity index (χ1) is 10.9. The average Bonchev–Trinajstić information content (AvgIpc) is 2.92. The van der Waals surface area contributed by atoms with Gasteiger partial charge in [0.05, 0.1) is 29.3 Å². The van der Waals surface area contributed by atoms with E-state index in [4.69, 9.17) is 9.47 Å². The SMILES string of the molecule is CCOC(=O)c1cc(C(=O)O[C@H]2CCOC2=O)cc([N+](=O)[O-])c1. The molecule has 1 heterocycles. The van der Waals surface area contributed by atoms with Crippen LogP contribution in [0.4, 0.5) is 5.69 Å². The van der Waals surface area contributed by atoms with Gasteiger partial charge in [-0.05, 0) is 13.0 Å². The number of ether oxygens (including phenoxy) is 3. The molecule has 0 unspecified atom stereocenters. The van der Waals surface area contributed by atoms with Gasteiger partial charge in [0.15, 0.2) is 0 Å². The number of benzene rings is 1. The molecule has 0 aromatic heterocycles. The molecular formula is C14H13NO8. The van der Waals surface area contributed by atoms with E-state index in [1.807, 2.05) is 0 Å². The van der Waals surface area contributed by atoms with E-state index in [1.54, 1.807) is 6.92 Å². The number of nitro groups is 1. The maximum Gasteiger partial charge on any atom is 0.347 e. The van der Waals surface area contributed by atoms with Crippen molar-refractivity contribution in [2.45, 2.75) is 19.4 Å². The standard InChI is InChI=1S/C14H13NO8/c1-2-21-12(16)8-5-9(7-10(6-8)15(19)20)13(17)23-11-3-4-22-14(11)18/h5-7,11H,2-4H2,1H3/t11-/m0/s1. The van der Waals surface area contributed by atoms with Crippen molar-refractivity contribution < 1.29 is 33.5 Å². The van der Waals surface area contributed by atoms with Gasteiger partial charge in [-0.25, -0.2) is 14.4 Å². The molecule has 0 amide bonds. The third kappa shape index (κ3) is 3.82. The van der Waals surface area contributed by atoms with Crippen LogP contribution in [0.5, 0.6) is 0 Å². The molecule has 122 valence electrons. The third-order valence-electron chi connectivity index (χ3n) is 3.01. The summed E-state index contributed by atoms with van der Waals surface area (Å²) in [7, 11) is 0. The molecule has 1 atom stereocenters. The van der Waals surface area contributed by atoms with Gasteiger partial charge in [-0.15, -0.1) is 0 Å². The number of rotatable bonds is 5. The average molecular weight is 323 g/mol. The van der Waals surface area contributed by atoms with Crippen LogP contribution in [0.25, 0.3) is 0 Å². The quantitative estimate of drug-likeness (QED) is 0.343. The summed E-state index contributed by atoms with van der Waals surface area (Å²) < 4.78 is 14.4. The molecule has 0 saturated carbocycles. The fourth-order valence-corrected chi connectivity index (χ4v) is 1.95. The minimum absolute atomic E-state index is 0.0786. The highest BCUT2D eigenvalue weighted by molar-refractivity contribution is 5.97. The number of carbonyl (C=O) groups is 3. The number of nitro benzene ring substituents is 1. The Labute approximate surface area is 130 Å². The van der Waals surface area contributed by atoms with Crippen molar-refractivity contribution in [3.8, 4) is 0 Å². The predicted molar refractivity (Wildman–Crippen MR) is 73.8 cm³/mol. The van der Waals surface area contributed by atoms with E-state index in [9.17, 15) is 24.5 Å². The van der Waals surface area contributed by atoms with Crippen molar-refractivity contribution in [1.82, 2.24) is 0 Å². The highest BCUT2D eigenvalue weighted by Crippen LogP contribution is 2.20. The van der Waals surface area contributed by atoms with Gasteiger partial charge in [0, 0.05) is 18.6 Å². The molecule has 1 aromatic carbocycles. The lowest BCUT2D eigenvalue weighted by Crippen LogP contribution is -2.23. The van der Waals surface area contributed by atoms with Crippen LogP contribution in [0.15, 0.2) is 18.2 Å². The zero-order valence-corrected chi connectivity index (χ0v) is 12.1. The van der Waals surface area contributed by atoms with Crippen molar-refractivity contribution in [2.24, 2.45) is 0 Å². The van der Waals surface area contributed by atoms with Gasteiger partial charge in [-0.1, -0.05) is 0 Å². The smallest absolute Gasteiger partial charge is 0.347 e. The molecule has 0 aliphatic carbocycles. The van der Waals surface area contributed by atoms with Crippen LogP contribution in [-0.4, -0.2) is 42.1 Å². The van der Waals surface area contributed by atoms with Gasteiger partial charge in [-0.3, -0.25) is 10.1 Å². The van der Waals surface area contributed by atoms with E-state index < -0.39 is 34.6 Å². The third-order valence-corrected chi connectivity index (χ3v) is 3.01. The van der Waals surface area contributed by atoms with Gasteiger partial charge >= 0.3 is 17.9 Å². The number of hydrogen-bond donors (Lipinski definition) is 0. The number of cyclic esters (lactones) is 1. The first-order valence-electron chi connectivity index (χ1n) is 6.76. The topological polar surface area (TPSA) is 122 Å². The summed E-state index contributed by atoms with van der Waals surface area (Å²) in [5.74, 6) is -2.43. The largest absolute Gasteiger partial charge is 0.463 e. The second-order valence-electron chi connectivity index (χ2n) is 4.60. The van der Waals surface area contributed by atoms with Crippen LogP contribution in [0.1, 0.15) is 34.1 Å². The van der Waals surface area contributed by atoms with Gasteiger partial charge in [0.25, 0.3) is 5.69 Å². The maximum absolute atomic E-state index is 12.0. The molecule has 0 bridgehead atoms. The van der Waals surface area contributed by atoms with Gasteiger partial charge in [0.1, 0.15) is 0 Å². The number of carbonyl (C=O) groups excluding carboxylic acids is 3. The summed E-state index contributed by atoms with van der Waals surface area (Å²) in [5, 5.41) is 10.9. The normalized spacial score (nSPS) is 16.6. The molecule has 2 rings (SSSR count). The van der Waals surface area contributed by atoms with E-state index in [1.165, 1.54) is 0 Å². The van der Waals surface area contributed by atoms with Crippen LogP contribution in [0, 0.1) is 10.1 Å². The molecule has 0 spiro atoms. The zero-order chi connectivity index (χ0) is 17.0. The highest BCUT2D eigenvalue weighted by atomic mass is 16.6. The Hall–Kier alpha value is -2.97. The summed E-state index contributed by atoms with van der Waals surface area (Å²) in [6, 6.07) is 3.08. The molecule has 0 radical (unpaired) electrons. The van der Waals surface area contributed by atoms with Gasteiger partial charge in [-0.2, -0.15) is 0 Å². The number of esters is 3. The van der Waals surface area contributed by atoms with Gasteiger partial charge < -0.3 is 14.2 Å². The molecule has 1 aliphatic heterocycles. The van der Waals surface area contributed by atoms with Crippen LogP contribution < -0.4 is 0 Å². The second kappa shape index (κ2) is 6.86. The highest BCUT2D eigenvalue weighted by Gasteiger charge is 2.31. The Morgan fingerprint density at radius 1 is 1.30 bits per heavy atom. The molecule has 23 heavy (non-hydrogen) atoms. The van der Waals surface area contributed by atoms with Crippen molar-refractivity contribution in [2.75, 3.05) is 13.2 Å². The monoisotopic (exact) mass is 323 g/mol. The van der Waals surface area contributed by atoms with Crippen molar-refractivity contribution in [3.05, 3.63) is 39.4 Å². The van der Waals surface area contributed by atoms with Crippen LogP contribution >= 0.6 is 0 Å². The summed E-state index contributed by atoms with van der Waals surface area (Å²) in [5.41, 5.74) is -0.833. The Balaban J connectivity index is 2.28. The fraction of sp³-hybridized carbons (Fsp3) is 0.357. The Morgan fingerprint density at radius 3 is 2.48 bits per heavy atom. The molecule has 1 aromatic rings. The summed E-state index contributed by atoms with van der Waals surface area (Å²) in [4.78, 5) is 45.2. The number of non-ortho nitro benzene ring substituents is 1. The molecule has 9 nitrogen and oxygen atoms in total. The Bertz CT molecular complexity index is 669. The Morgan fingerprint density at radius 2 is 1.96 bits per heavy atom. The molecule has 1 saturated heterocycles. The lowest BCUT2D eigenvalue weighted by Gasteiger charge is -2.09. The van der Waals surface area contributed by atoms with Gasteiger partial charge in [0.2, 0.25) is 6.10 Å². The first kappa shape index (κ1) is 16.4. The minimum atomic E-state index is -1.05. The van der Waals surface area contributed by atoms with Crippen molar-refractivity contribution in [1.29, 1.82) is 0 Å². The first-order valence-corrected chi connectivity index (χ1v) is 6.76. The molecule has 1 fully saturated rings. The van der Waals surface area contributed by atoms with E-state index in [0.29, 0.717) is 0 Å². The van der Waals surface area contributed by atoms with Crippen molar-refractivity contribution in [3.63, 3.8) is 0 Å². The summed E-state index contributed by atoms with van der Waals surface area (Å²) >= 11 is 0. The zero-order valence-electron chi connectivity index (χ0n) is 12.1. The molecule has 0 N–H and O–H groups in total. The van der Waals surface area contributed by atoms with Crippen LogP contribution in [0.2, 0.25) is 0 Å². The van der Waals surface area contributed by atoms with E-state index >= 15 is 0 Å². The summed E-state index contributed by atoms with van der Waals surface area (Å²) in [6.45, 7) is 1.80. The summed E-state index contributed by atoms with van der Waals surface area (Å²) in [6.07, 6.45) is -0.836. The lowest BCUT2D eigenvalue weighted by atomic mass is 10.1. The van der Waals surface area contributed by atoms with E-state index in [2.05, 4.69) is 4.74 Å². The molecule has 1 aliphatic rings. The maximum atomic E-state index is 12.0. The second-order valence-corrected chi connectivity index (χ2v) is 4.60. The van der Waals surface area contributed by atoms with Crippen LogP contribution in [0.3, 0.4) is 0 Å². The van der Waals surface area contributed by atoms with E-state index in [-0.39, 0.29) is 30.8 Å². The predicted octanol–water partition coefficient (Wildman–Crippen LogP) is 1.24. The van der Waals surface area contributed by atoms with E-state index in [0.717, 1.165) is 18.2 Å². The number of nitrogens with zero attached hydrogens (tertiary/aromatic N) is 1. The Kier molecular flexibility index (Phi) is 4.89. The molecule has 9 heteroatoms.